The van der Waals surface area contributed by atoms with Crippen molar-refractivity contribution in [3.63, 3.8) is 0 Å². The SMILES string of the molecule is CC(C)(OC(=O)c1ccc(OC(=O)c2cc(I)cc(I)c2I)cc1)C1CC[NH2+]CC1. The average Bonchev–Trinajstić information content (AvgIpc) is 2.71. The number of hydrogen-bond acceptors (Lipinski definition) is 4. The molecule has 1 aliphatic heterocycles. The summed E-state index contributed by atoms with van der Waals surface area (Å²) in [7, 11) is 0. The fourth-order valence-electron chi connectivity index (χ4n) is 3.53. The van der Waals surface area contributed by atoms with Crippen LogP contribution in [0.5, 0.6) is 5.75 Å². The van der Waals surface area contributed by atoms with Crippen molar-refractivity contribution in [2.45, 2.75) is 32.3 Å². The zero-order chi connectivity index (χ0) is 21.9. The molecule has 2 aromatic rings. The van der Waals surface area contributed by atoms with Crippen LogP contribution in [-0.4, -0.2) is 30.6 Å². The van der Waals surface area contributed by atoms with Crippen molar-refractivity contribution >= 4 is 79.7 Å². The molecule has 1 saturated heterocycles. The third-order valence-electron chi connectivity index (χ3n) is 5.29. The van der Waals surface area contributed by atoms with E-state index in [1.807, 2.05) is 26.0 Å². The summed E-state index contributed by atoms with van der Waals surface area (Å²) in [5.74, 6) is -0.00977. The normalized spacial score (nSPS) is 15.0. The van der Waals surface area contributed by atoms with Crippen LogP contribution in [0.15, 0.2) is 36.4 Å². The van der Waals surface area contributed by atoms with Crippen LogP contribution < -0.4 is 10.1 Å². The van der Waals surface area contributed by atoms with Gasteiger partial charge in [-0.05, 0) is 118 Å². The van der Waals surface area contributed by atoms with Gasteiger partial charge in [0.15, 0.2) is 0 Å². The Labute approximate surface area is 217 Å². The van der Waals surface area contributed by atoms with Gasteiger partial charge >= 0.3 is 11.9 Å². The lowest BCUT2D eigenvalue weighted by molar-refractivity contribution is -0.665. The summed E-state index contributed by atoms with van der Waals surface area (Å²) in [6.45, 7) is 6.12. The van der Waals surface area contributed by atoms with Crippen molar-refractivity contribution in [1.29, 1.82) is 0 Å². The molecule has 0 radical (unpaired) electrons. The molecule has 1 heterocycles. The van der Waals surface area contributed by atoms with Gasteiger partial charge in [-0.3, -0.25) is 0 Å². The number of ether oxygens (including phenoxy) is 2. The Hall–Kier alpha value is -0.470. The summed E-state index contributed by atoms with van der Waals surface area (Å²) in [5, 5.41) is 2.30. The van der Waals surface area contributed by atoms with Gasteiger partial charge < -0.3 is 14.8 Å². The Morgan fingerprint density at radius 1 is 1.00 bits per heavy atom. The van der Waals surface area contributed by atoms with E-state index in [0.717, 1.165) is 36.6 Å². The smallest absolute Gasteiger partial charge is 0.344 e. The minimum atomic E-state index is -0.505. The highest BCUT2D eigenvalue weighted by molar-refractivity contribution is 14.1. The molecule has 0 aromatic heterocycles. The van der Waals surface area contributed by atoms with Crippen LogP contribution in [0.25, 0.3) is 0 Å². The number of benzene rings is 2. The van der Waals surface area contributed by atoms with E-state index in [1.54, 1.807) is 24.3 Å². The van der Waals surface area contributed by atoms with Crippen LogP contribution in [0, 0.1) is 16.6 Å². The maximum Gasteiger partial charge on any atom is 0.344 e. The molecule has 1 fully saturated rings. The van der Waals surface area contributed by atoms with Gasteiger partial charge in [0, 0.05) is 29.5 Å². The molecule has 8 heteroatoms. The van der Waals surface area contributed by atoms with Crippen LogP contribution in [0.3, 0.4) is 0 Å². The first-order valence-corrected chi connectivity index (χ1v) is 12.9. The van der Waals surface area contributed by atoms with E-state index in [9.17, 15) is 9.59 Å². The number of esters is 2. The lowest BCUT2D eigenvalue weighted by Crippen LogP contribution is -2.86. The van der Waals surface area contributed by atoms with Crippen molar-refractivity contribution < 1.29 is 24.4 Å². The fraction of sp³-hybridized carbons (Fsp3) is 0.364. The van der Waals surface area contributed by atoms with Crippen LogP contribution in [0.1, 0.15) is 47.4 Å². The second-order valence-electron chi connectivity index (χ2n) is 7.80. The standard InChI is InChI=1S/C22H22I3NO4/c1-22(2,14-7-9-26-10-8-14)30-20(27)13-3-5-16(6-4-13)29-21(28)17-11-15(23)12-18(24)19(17)25/h3-6,11-12,14,26H,7-10H2,1-2H3/p+1. The molecule has 1 aliphatic rings. The summed E-state index contributed by atoms with van der Waals surface area (Å²) < 4.78 is 14.2. The first-order chi connectivity index (χ1) is 14.2. The van der Waals surface area contributed by atoms with E-state index in [-0.39, 0.29) is 5.97 Å². The van der Waals surface area contributed by atoms with Crippen molar-refractivity contribution in [3.8, 4) is 5.75 Å². The molecule has 0 atom stereocenters. The topological polar surface area (TPSA) is 69.2 Å². The van der Waals surface area contributed by atoms with E-state index >= 15 is 0 Å². The third-order valence-corrected chi connectivity index (χ3v) is 8.96. The highest BCUT2D eigenvalue weighted by Gasteiger charge is 2.35. The van der Waals surface area contributed by atoms with Crippen molar-refractivity contribution in [1.82, 2.24) is 0 Å². The molecule has 5 nitrogen and oxygen atoms in total. The Morgan fingerprint density at radius 2 is 1.63 bits per heavy atom. The van der Waals surface area contributed by atoms with E-state index in [0.29, 0.717) is 22.8 Å². The van der Waals surface area contributed by atoms with Gasteiger partial charge in [-0.2, -0.15) is 0 Å². The summed E-state index contributed by atoms with van der Waals surface area (Å²) in [6, 6.07) is 10.3. The minimum Gasteiger partial charge on any atom is -0.456 e. The largest absolute Gasteiger partial charge is 0.456 e. The van der Waals surface area contributed by atoms with Gasteiger partial charge in [-0.25, -0.2) is 9.59 Å². The van der Waals surface area contributed by atoms with Gasteiger partial charge in [0.2, 0.25) is 0 Å². The van der Waals surface area contributed by atoms with Gasteiger partial charge in [0.05, 0.1) is 24.2 Å². The van der Waals surface area contributed by atoms with E-state index in [4.69, 9.17) is 9.47 Å². The monoisotopic (exact) mass is 746 g/mol. The van der Waals surface area contributed by atoms with Crippen LogP contribution in [-0.2, 0) is 4.74 Å². The lowest BCUT2D eigenvalue weighted by Gasteiger charge is -2.35. The van der Waals surface area contributed by atoms with Crippen LogP contribution >= 0.6 is 67.8 Å². The quantitative estimate of drug-likeness (QED) is 0.210. The second-order valence-corrected chi connectivity index (χ2v) is 11.3. The first-order valence-electron chi connectivity index (χ1n) is 9.69. The van der Waals surface area contributed by atoms with Gasteiger partial charge in [-0.15, -0.1) is 0 Å². The second kappa shape index (κ2) is 10.4. The van der Waals surface area contributed by atoms with Crippen molar-refractivity contribution in [2.24, 2.45) is 5.92 Å². The molecule has 0 spiro atoms. The molecule has 0 unspecified atom stereocenters. The Morgan fingerprint density at radius 3 is 2.27 bits per heavy atom. The molecular weight excluding hydrogens is 723 g/mol. The Bertz CT molecular complexity index is 938. The zero-order valence-electron chi connectivity index (χ0n) is 16.7. The third kappa shape index (κ3) is 6.06. The lowest BCUT2D eigenvalue weighted by atomic mass is 9.83. The molecule has 0 bridgehead atoms. The number of carbonyl (C=O) groups excluding carboxylic acids is 2. The molecular formula is C22H23I3NO4+. The van der Waals surface area contributed by atoms with Gasteiger partial charge in [0.25, 0.3) is 0 Å². The maximum absolute atomic E-state index is 12.6. The number of nitrogens with two attached hydrogens (primary N) is 1. The summed E-state index contributed by atoms with van der Waals surface area (Å²) in [4.78, 5) is 25.2. The maximum atomic E-state index is 12.6. The number of piperidine rings is 1. The number of carbonyl (C=O) groups is 2. The molecule has 0 aliphatic carbocycles. The molecule has 2 aromatic carbocycles. The molecule has 30 heavy (non-hydrogen) atoms. The zero-order valence-corrected chi connectivity index (χ0v) is 23.2. The predicted molar refractivity (Wildman–Crippen MR) is 140 cm³/mol. The first kappa shape index (κ1) is 24.2. The van der Waals surface area contributed by atoms with Gasteiger partial charge in [-0.1, -0.05) is 0 Å². The number of rotatable bonds is 5. The van der Waals surface area contributed by atoms with E-state index in [1.165, 1.54) is 0 Å². The van der Waals surface area contributed by atoms with Crippen molar-refractivity contribution in [3.05, 3.63) is 58.2 Å². The number of halogens is 3. The molecule has 160 valence electrons. The number of hydrogen-bond donors (Lipinski definition) is 1. The summed E-state index contributed by atoms with van der Waals surface area (Å²) >= 11 is 6.53. The van der Waals surface area contributed by atoms with Crippen LogP contribution in [0.4, 0.5) is 0 Å². The fourth-order valence-corrected chi connectivity index (χ4v) is 5.91. The van der Waals surface area contributed by atoms with Gasteiger partial charge in [0.1, 0.15) is 11.4 Å². The summed E-state index contributed by atoms with van der Waals surface area (Å²) in [6.07, 6.45) is 2.09. The molecule has 2 N–H and O–H groups in total. The Balaban J connectivity index is 1.66. The molecule has 0 saturated carbocycles. The molecule has 3 rings (SSSR count). The Kier molecular flexibility index (Phi) is 8.41. The average molecular weight is 746 g/mol. The van der Waals surface area contributed by atoms with E-state index < -0.39 is 11.6 Å². The van der Waals surface area contributed by atoms with Crippen LogP contribution in [0.2, 0.25) is 0 Å². The number of quaternary nitrogens is 1. The summed E-state index contributed by atoms with van der Waals surface area (Å²) in [5.41, 5.74) is 0.472. The molecule has 0 amide bonds. The highest BCUT2D eigenvalue weighted by atomic mass is 127. The predicted octanol–water partition coefficient (Wildman–Crippen LogP) is 4.63. The highest BCUT2D eigenvalue weighted by Crippen LogP contribution is 2.29. The van der Waals surface area contributed by atoms with E-state index in [2.05, 4.69) is 73.1 Å². The van der Waals surface area contributed by atoms with Crippen molar-refractivity contribution in [2.75, 3.05) is 13.1 Å². The minimum absolute atomic E-state index is 0.353.